The number of carbonyl (C=O) groups excluding carboxylic acids is 2. The molecule has 0 radical (unpaired) electrons. The smallest absolute Gasteiger partial charge is 0.405 e. The summed E-state index contributed by atoms with van der Waals surface area (Å²) in [7, 11) is 0. The van der Waals surface area contributed by atoms with Gasteiger partial charge in [0.25, 0.3) is 11.1 Å². The molecule has 0 atom stereocenters. The van der Waals surface area contributed by atoms with Gasteiger partial charge in [-0.25, -0.2) is 4.79 Å². The van der Waals surface area contributed by atoms with Crippen molar-refractivity contribution < 1.29 is 19.3 Å². The molecule has 0 bridgehead atoms. The Kier molecular flexibility index (Phi) is 8.44. The van der Waals surface area contributed by atoms with Gasteiger partial charge in [-0.1, -0.05) is 49.4 Å². The van der Waals surface area contributed by atoms with Crippen LogP contribution in [-0.4, -0.2) is 25.0 Å². The predicted molar refractivity (Wildman–Crippen MR) is 89.9 cm³/mol. The molecule has 6 nitrogen and oxygen atoms in total. The van der Waals surface area contributed by atoms with Crippen molar-refractivity contribution in [2.45, 2.75) is 32.6 Å². The molecule has 0 aliphatic heterocycles. The highest BCUT2D eigenvalue weighted by molar-refractivity contribution is 6.45. The third kappa shape index (κ3) is 6.05. The second-order valence-corrected chi connectivity index (χ2v) is 5.98. The molecular weight excluding hydrogens is 365 g/mol. The summed E-state index contributed by atoms with van der Waals surface area (Å²) in [5, 5.41) is 2.53. The summed E-state index contributed by atoms with van der Waals surface area (Å²) in [4.78, 5) is 26.0. The number of anilines is 1. The zero-order valence-corrected chi connectivity index (χ0v) is 14.9. The fourth-order valence-electron chi connectivity index (χ4n) is 1.74. The number of carbonyl (C=O) groups is 2. The second-order valence-electron chi connectivity index (χ2n) is 4.84. The molecule has 128 valence electrons. The lowest BCUT2D eigenvalue weighted by Gasteiger charge is -2.06. The van der Waals surface area contributed by atoms with Crippen LogP contribution >= 0.6 is 34.8 Å². The molecule has 0 saturated heterocycles. The molecule has 0 fully saturated rings. The van der Waals surface area contributed by atoms with Crippen LogP contribution in [0.15, 0.2) is 0 Å². The number of ether oxygens (including phenoxy) is 1. The van der Waals surface area contributed by atoms with E-state index < -0.39 is 12.6 Å². The summed E-state index contributed by atoms with van der Waals surface area (Å²) in [6, 6.07) is 0. The Hall–Kier alpha value is -1.24. The van der Waals surface area contributed by atoms with Crippen LogP contribution in [0.1, 0.15) is 43.1 Å². The Morgan fingerprint density at radius 2 is 1.87 bits per heavy atom. The van der Waals surface area contributed by atoms with Crippen LogP contribution in [0.2, 0.25) is 15.2 Å². The molecule has 1 rings (SSSR count). The Bertz CT molecular complexity index is 582. The van der Waals surface area contributed by atoms with E-state index in [-0.39, 0.29) is 32.5 Å². The van der Waals surface area contributed by atoms with Crippen LogP contribution in [0.25, 0.3) is 0 Å². The third-order valence-electron chi connectivity index (χ3n) is 3.01. The normalized spacial score (nSPS) is 10.4. The zero-order valence-electron chi connectivity index (χ0n) is 12.7. The maximum absolute atomic E-state index is 11.9. The van der Waals surface area contributed by atoms with Crippen LogP contribution in [0.3, 0.4) is 0 Å². The van der Waals surface area contributed by atoms with Gasteiger partial charge in [0.05, 0.1) is 5.69 Å². The van der Waals surface area contributed by atoms with Gasteiger partial charge in [-0.05, 0) is 18.0 Å². The number of aromatic nitrogens is 1. The molecule has 0 unspecified atom stereocenters. The van der Waals surface area contributed by atoms with Crippen molar-refractivity contribution in [3.63, 3.8) is 0 Å². The van der Waals surface area contributed by atoms with Gasteiger partial charge in [0, 0.05) is 6.54 Å². The molecule has 4 N–H and O–H groups in total. The van der Waals surface area contributed by atoms with E-state index in [0.717, 1.165) is 25.7 Å². The van der Waals surface area contributed by atoms with Crippen molar-refractivity contribution in [3.05, 3.63) is 20.9 Å². The minimum Gasteiger partial charge on any atom is -0.448 e. The van der Waals surface area contributed by atoms with E-state index in [9.17, 15) is 9.59 Å². The van der Waals surface area contributed by atoms with Crippen LogP contribution in [0.5, 0.6) is 0 Å². The summed E-state index contributed by atoms with van der Waals surface area (Å²) in [5.74, 6) is -1.24. The molecule has 23 heavy (non-hydrogen) atoms. The van der Waals surface area contributed by atoms with E-state index in [2.05, 4.69) is 17.2 Å². The number of nitrogens with one attached hydrogen (secondary N) is 2. The Morgan fingerprint density at radius 3 is 2.52 bits per heavy atom. The number of hydrogen-bond donors (Lipinski definition) is 2. The number of nitrogen functional groups attached to an aromatic ring is 1. The fourth-order valence-corrected chi connectivity index (χ4v) is 2.35. The maximum atomic E-state index is 11.9. The fraction of sp³-hybridized carbons (Fsp3) is 0.500. The van der Waals surface area contributed by atoms with Gasteiger partial charge in [0.15, 0.2) is 6.61 Å². The lowest BCUT2D eigenvalue weighted by Crippen LogP contribution is -2.31. The first-order valence-electron chi connectivity index (χ1n) is 7.17. The average molecular weight is 384 g/mol. The summed E-state index contributed by atoms with van der Waals surface area (Å²) in [6.07, 6.45) is 4.17. The first kappa shape index (κ1) is 19.8. The molecule has 0 spiro atoms. The van der Waals surface area contributed by atoms with Crippen LogP contribution < -0.4 is 16.0 Å². The van der Waals surface area contributed by atoms with Crippen LogP contribution in [0, 0.1) is 0 Å². The van der Waals surface area contributed by atoms with E-state index in [0.29, 0.717) is 6.54 Å². The molecular formula is C14H19Cl3N3O3+. The second kappa shape index (κ2) is 9.80. The van der Waals surface area contributed by atoms with Crippen molar-refractivity contribution in [1.29, 1.82) is 0 Å². The average Bonchev–Trinajstić information content (AvgIpc) is 2.53. The van der Waals surface area contributed by atoms with Crippen molar-refractivity contribution in [3.8, 4) is 0 Å². The molecule has 1 amide bonds. The number of aromatic amines is 1. The Labute approximate surface area is 149 Å². The van der Waals surface area contributed by atoms with Crippen LogP contribution in [0.4, 0.5) is 5.69 Å². The Morgan fingerprint density at radius 1 is 1.17 bits per heavy atom. The van der Waals surface area contributed by atoms with Gasteiger partial charge in [-0.15, -0.1) is 0 Å². The molecule has 9 heteroatoms. The minimum atomic E-state index is -0.846. The third-order valence-corrected chi connectivity index (χ3v) is 4.18. The van der Waals surface area contributed by atoms with Crippen LogP contribution in [-0.2, 0) is 9.53 Å². The predicted octanol–water partition coefficient (Wildman–Crippen LogP) is 2.90. The minimum absolute atomic E-state index is 0.0121. The quantitative estimate of drug-likeness (QED) is 0.410. The van der Waals surface area contributed by atoms with Gasteiger partial charge < -0.3 is 15.8 Å². The number of H-pyrrole nitrogens is 1. The molecule has 0 aliphatic rings. The topological polar surface area (TPSA) is 95.6 Å². The van der Waals surface area contributed by atoms with E-state index >= 15 is 0 Å². The first-order valence-corrected chi connectivity index (χ1v) is 8.30. The van der Waals surface area contributed by atoms with E-state index in [4.69, 9.17) is 45.3 Å². The summed E-state index contributed by atoms with van der Waals surface area (Å²) in [5.41, 5.74) is 5.43. The lowest BCUT2D eigenvalue weighted by atomic mass is 10.2. The Balaban J connectivity index is 2.50. The zero-order chi connectivity index (χ0) is 17.4. The first-order chi connectivity index (χ1) is 10.9. The number of hydrogen-bond acceptors (Lipinski definition) is 4. The summed E-state index contributed by atoms with van der Waals surface area (Å²) < 4.78 is 4.87. The number of rotatable bonds is 8. The van der Waals surface area contributed by atoms with E-state index in [1.54, 1.807) is 0 Å². The van der Waals surface area contributed by atoms with E-state index in [1.165, 1.54) is 0 Å². The summed E-state index contributed by atoms with van der Waals surface area (Å²) >= 11 is 17.5. The molecule has 0 aliphatic carbocycles. The highest BCUT2D eigenvalue weighted by Crippen LogP contribution is 2.32. The SMILES string of the molecule is CCCCCCNC(=O)COC(=O)c1[nH+]c(Cl)c(Cl)c(N)c1Cl. The number of pyridine rings is 1. The van der Waals surface area contributed by atoms with Crippen molar-refractivity contribution in [2.24, 2.45) is 0 Å². The van der Waals surface area contributed by atoms with Gasteiger partial charge in [0.1, 0.15) is 10.0 Å². The molecule has 1 heterocycles. The molecule has 1 aromatic rings. The lowest BCUT2D eigenvalue weighted by molar-refractivity contribution is -0.380. The molecule has 0 aromatic carbocycles. The monoisotopic (exact) mass is 382 g/mol. The van der Waals surface area contributed by atoms with Gasteiger partial charge >= 0.3 is 11.7 Å². The molecule has 1 aromatic heterocycles. The molecule has 0 saturated carbocycles. The maximum Gasteiger partial charge on any atom is 0.405 e. The number of esters is 1. The van der Waals surface area contributed by atoms with Gasteiger partial charge in [0.2, 0.25) is 0 Å². The largest absolute Gasteiger partial charge is 0.448 e. The summed E-state index contributed by atoms with van der Waals surface area (Å²) in [6.45, 7) is 2.23. The number of halogens is 3. The van der Waals surface area contributed by atoms with Crippen molar-refractivity contribution >= 4 is 52.4 Å². The highest BCUT2D eigenvalue weighted by Gasteiger charge is 2.27. The number of nitrogens with two attached hydrogens (primary N) is 1. The van der Waals surface area contributed by atoms with Gasteiger partial charge in [-0.3, -0.25) is 4.79 Å². The van der Waals surface area contributed by atoms with Crippen molar-refractivity contribution in [1.82, 2.24) is 5.32 Å². The number of amides is 1. The van der Waals surface area contributed by atoms with E-state index in [1.807, 2.05) is 0 Å². The van der Waals surface area contributed by atoms with Gasteiger partial charge in [-0.2, -0.15) is 4.98 Å². The van der Waals surface area contributed by atoms with Crippen molar-refractivity contribution in [2.75, 3.05) is 18.9 Å². The number of unbranched alkanes of at least 4 members (excludes halogenated alkanes) is 3. The highest BCUT2D eigenvalue weighted by atomic mass is 35.5. The standard InChI is InChI=1S/C14H18Cl3N3O3/c1-2-3-4-5-6-19-8(21)7-23-14(22)12-9(15)11(18)10(16)13(17)20-12/h2-7H2,1H3,(H2,18,20)(H,19,21)/p+1.